The summed E-state index contributed by atoms with van der Waals surface area (Å²) >= 11 is 8.94. The quantitative estimate of drug-likeness (QED) is 0.609. The number of rotatable bonds is 7. The molecule has 0 aliphatic heterocycles. The highest BCUT2D eigenvalue weighted by molar-refractivity contribution is 9.09. The lowest BCUT2D eigenvalue weighted by molar-refractivity contribution is 0.156. The molecule has 0 amide bonds. The monoisotopic (exact) mass is 341 g/mol. The normalized spacial score (nSPS) is 11.6. The van der Waals surface area contributed by atoms with Crippen LogP contribution in [0, 0.1) is 0 Å². The molecule has 7 heteroatoms. The number of ether oxygens (including phenoxy) is 1. The van der Waals surface area contributed by atoms with E-state index >= 15 is 0 Å². The number of nitrogens with one attached hydrogen (secondary N) is 1. The highest BCUT2D eigenvalue weighted by atomic mass is 79.9. The van der Waals surface area contributed by atoms with E-state index in [-0.39, 0.29) is 11.4 Å². The van der Waals surface area contributed by atoms with E-state index in [1.165, 1.54) is 12.1 Å². The minimum Gasteiger partial charge on any atom is -0.379 e. The molecule has 0 bridgehead atoms. The Kier molecular flexibility index (Phi) is 6.43. The second-order valence-electron chi connectivity index (χ2n) is 3.16. The highest BCUT2D eigenvalue weighted by Gasteiger charge is 2.13. The second kappa shape index (κ2) is 7.33. The molecule has 0 heterocycles. The molecule has 0 aromatic heterocycles. The average molecular weight is 343 g/mol. The van der Waals surface area contributed by atoms with Crippen LogP contribution in [0.4, 0.5) is 0 Å². The van der Waals surface area contributed by atoms with E-state index in [4.69, 9.17) is 16.3 Å². The molecule has 0 aliphatic rings. The van der Waals surface area contributed by atoms with Gasteiger partial charge in [0.1, 0.15) is 0 Å². The maximum absolute atomic E-state index is 11.8. The van der Waals surface area contributed by atoms with Gasteiger partial charge in [0.15, 0.2) is 0 Å². The van der Waals surface area contributed by atoms with Crippen molar-refractivity contribution in [1.29, 1.82) is 0 Å². The van der Waals surface area contributed by atoms with Gasteiger partial charge in [-0.2, -0.15) is 0 Å². The molecular weight excluding hydrogens is 330 g/mol. The van der Waals surface area contributed by atoms with Crippen molar-refractivity contribution in [3.05, 3.63) is 29.3 Å². The van der Waals surface area contributed by atoms with Gasteiger partial charge < -0.3 is 4.74 Å². The first-order valence-corrected chi connectivity index (χ1v) is 7.93. The largest absolute Gasteiger partial charge is 0.379 e. The lowest BCUT2D eigenvalue weighted by Gasteiger charge is -2.07. The Labute approximate surface area is 114 Å². The van der Waals surface area contributed by atoms with Crippen LogP contribution < -0.4 is 4.72 Å². The fourth-order valence-electron chi connectivity index (χ4n) is 1.12. The topological polar surface area (TPSA) is 55.4 Å². The van der Waals surface area contributed by atoms with Gasteiger partial charge in [-0.3, -0.25) is 0 Å². The Bertz CT molecular complexity index is 453. The SMILES string of the molecule is O=S(=O)(NCCOCCBr)c1cccc(Cl)c1. The van der Waals surface area contributed by atoms with Gasteiger partial charge in [-0.15, -0.1) is 0 Å². The predicted molar refractivity (Wildman–Crippen MR) is 71.3 cm³/mol. The van der Waals surface area contributed by atoms with Crippen molar-refractivity contribution in [1.82, 2.24) is 4.72 Å². The summed E-state index contributed by atoms with van der Waals surface area (Å²) in [5.74, 6) is 0. The summed E-state index contributed by atoms with van der Waals surface area (Å²) in [7, 11) is -3.50. The van der Waals surface area contributed by atoms with E-state index in [0.29, 0.717) is 18.2 Å². The smallest absolute Gasteiger partial charge is 0.240 e. The Morgan fingerprint density at radius 3 is 2.76 bits per heavy atom. The third-order valence-electron chi connectivity index (χ3n) is 1.87. The predicted octanol–water partition coefficient (Wildman–Crippen LogP) is 2.03. The minimum absolute atomic E-state index is 0.158. The summed E-state index contributed by atoms with van der Waals surface area (Å²) in [6.07, 6.45) is 0. The van der Waals surface area contributed by atoms with E-state index in [0.717, 1.165) is 5.33 Å². The molecular formula is C10H13BrClNO3S. The van der Waals surface area contributed by atoms with Crippen LogP contribution >= 0.6 is 27.5 Å². The standard InChI is InChI=1S/C10H13BrClNO3S/c11-4-6-16-7-5-13-17(14,15)10-3-1-2-9(12)8-10/h1-3,8,13H,4-7H2. The Hall–Kier alpha value is -0.140. The fourth-order valence-corrected chi connectivity index (χ4v) is 2.66. The Morgan fingerprint density at radius 1 is 1.35 bits per heavy atom. The summed E-state index contributed by atoms with van der Waals surface area (Å²) in [6, 6.07) is 6.12. The first kappa shape index (κ1) is 14.9. The molecule has 0 radical (unpaired) electrons. The molecule has 0 unspecified atom stereocenters. The van der Waals surface area contributed by atoms with Crippen molar-refractivity contribution in [2.24, 2.45) is 0 Å². The van der Waals surface area contributed by atoms with Crippen molar-refractivity contribution in [2.45, 2.75) is 4.90 Å². The second-order valence-corrected chi connectivity index (χ2v) is 6.15. The van der Waals surface area contributed by atoms with Crippen molar-refractivity contribution in [3.63, 3.8) is 0 Å². The maximum Gasteiger partial charge on any atom is 0.240 e. The molecule has 0 saturated heterocycles. The minimum atomic E-state index is -3.50. The van der Waals surface area contributed by atoms with E-state index in [9.17, 15) is 8.42 Å². The van der Waals surface area contributed by atoms with E-state index in [1.807, 2.05) is 0 Å². The zero-order valence-corrected chi connectivity index (χ0v) is 12.2. The summed E-state index contributed by atoms with van der Waals surface area (Å²) in [5, 5.41) is 1.12. The summed E-state index contributed by atoms with van der Waals surface area (Å²) < 4.78 is 31.1. The molecule has 17 heavy (non-hydrogen) atoms. The zero-order chi connectivity index (χ0) is 12.7. The summed E-state index contributed by atoms with van der Waals surface area (Å²) in [4.78, 5) is 0.158. The molecule has 1 rings (SSSR count). The fraction of sp³-hybridized carbons (Fsp3) is 0.400. The number of halogens is 2. The van der Waals surface area contributed by atoms with Crippen molar-refractivity contribution >= 4 is 37.6 Å². The molecule has 0 fully saturated rings. The van der Waals surface area contributed by atoms with Crippen molar-refractivity contribution in [3.8, 4) is 0 Å². The molecule has 4 nitrogen and oxygen atoms in total. The molecule has 0 spiro atoms. The van der Waals surface area contributed by atoms with Gasteiger partial charge in [0.05, 0.1) is 18.1 Å². The van der Waals surface area contributed by atoms with Crippen LogP contribution in [0.5, 0.6) is 0 Å². The molecule has 0 saturated carbocycles. The maximum atomic E-state index is 11.8. The molecule has 1 aromatic rings. The van der Waals surface area contributed by atoms with Crippen LogP contribution in [-0.2, 0) is 14.8 Å². The Morgan fingerprint density at radius 2 is 2.12 bits per heavy atom. The van der Waals surface area contributed by atoms with Crippen LogP contribution in [0.2, 0.25) is 5.02 Å². The lowest BCUT2D eigenvalue weighted by Crippen LogP contribution is -2.27. The van der Waals surface area contributed by atoms with Gasteiger partial charge >= 0.3 is 0 Å². The molecule has 1 aromatic carbocycles. The van der Waals surface area contributed by atoms with Gasteiger partial charge in [-0.05, 0) is 18.2 Å². The van der Waals surface area contributed by atoms with Crippen LogP contribution in [0.3, 0.4) is 0 Å². The molecule has 1 N–H and O–H groups in total. The van der Waals surface area contributed by atoms with Crippen molar-refractivity contribution < 1.29 is 13.2 Å². The summed E-state index contributed by atoms with van der Waals surface area (Å²) in [5.41, 5.74) is 0. The van der Waals surface area contributed by atoms with Crippen LogP contribution in [-0.4, -0.2) is 33.5 Å². The van der Waals surface area contributed by atoms with Crippen LogP contribution in [0.1, 0.15) is 0 Å². The van der Waals surface area contributed by atoms with E-state index in [2.05, 4.69) is 20.7 Å². The first-order chi connectivity index (χ1) is 8.06. The van der Waals surface area contributed by atoms with Gasteiger partial charge in [-0.1, -0.05) is 33.6 Å². The van der Waals surface area contributed by atoms with Crippen molar-refractivity contribution in [2.75, 3.05) is 25.1 Å². The van der Waals surface area contributed by atoms with Crippen LogP contribution in [0.15, 0.2) is 29.2 Å². The zero-order valence-electron chi connectivity index (χ0n) is 9.03. The van der Waals surface area contributed by atoms with Gasteiger partial charge in [-0.25, -0.2) is 13.1 Å². The molecule has 0 aliphatic carbocycles. The Balaban J connectivity index is 2.51. The number of hydrogen-bond donors (Lipinski definition) is 1. The summed E-state index contributed by atoms with van der Waals surface area (Å²) in [6.45, 7) is 1.13. The van der Waals surface area contributed by atoms with E-state index < -0.39 is 10.0 Å². The highest BCUT2D eigenvalue weighted by Crippen LogP contribution is 2.14. The van der Waals surface area contributed by atoms with E-state index in [1.54, 1.807) is 12.1 Å². The third-order valence-corrected chi connectivity index (χ3v) is 3.88. The first-order valence-electron chi connectivity index (χ1n) is 4.95. The van der Waals surface area contributed by atoms with Gasteiger partial charge in [0, 0.05) is 16.9 Å². The number of benzene rings is 1. The van der Waals surface area contributed by atoms with Gasteiger partial charge in [0.2, 0.25) is 10.0 Å². The number of hydrogen-bond acceptors (Lipinski definition) is 3. The third kappa shape index (κ3) is 5.35. The van der Waals surface area contributed by atoms with Crippen LogP contribution in [0.25, 0.3) is 0 Å². The number of sulfonamides is 1. The number of alkyl halides is 1. The lowest BCUT2D eigenvalue weighted by atomic mass is 10.4. The molecule has 96 valence electrons. The average Bonchev–Trinajstić information content (AvgIpc) is 2.29. The van der Waals surface area contributed by atoms with Gasteiger partial charge in [0.25, 0.3) is 0 Å². The molecule has 0 atom stereocenters.